The number of ether oxygens (including phenoxy) is 1. The third-order valence-electron chi connectivity index (χ3n) is 6.65. The lowest BCUT2D eigenvalue weighted by molar-refractivity contribution is -0.139. The van der Waals surface area contributed by atoms with Crippen LogP contribution >= 0.6 is 13.5 Å². The molecule has 3 N–H and O–H groups in total. The molecule has 0 spiro atoms. The Morgan fingerprint density at radius 3 is 2.77 bits per heavy atom. The van der Waals surface area contributed by atoms with Gasteiger partial charge in [0.25, 0.3) is 5.91 Å². The summed E-state index contributed by atoms with van der Waals surface area (Å²) in [6.07, 6.45) is 5.91. The lowest BCUT2D eigenvalue weighted by Crippen LogP contribution is -2.42. The molecule has 1 aliphatic rings. The number of aryl methyl sites for hydroxylation is 3. The van der Waals surface area contributed by atoms with E-state index in [0.717, 1.165) is 54.7 Å². The summed E-state index contributed by atoms with van der Waals surface area (Å²) in [7, 11) is 1.81. The fourth-order valence-electron chi connectivity index (χ4n) is 4.63. The Morgan fingerprint density at radius 2 is 1.97 bits per heavy atom. The molecule has 204 valence electrons. The van der Waals surface area contributed by atoms with Crippen molar-refractivity contribution >= 4 is 42.1 Å². The summed E-state index contributed by atoms with van der Waals surface area (Å²) in [4.78, 5) is 29.3. The van der Waals surface area contributed by atoms with Crippen molar-refractivity contribution in [3.8, 4) is 5.75 Å². The monoisotopic (exact) mass is 547 g/mol. The number of carboxylic acids is 1. The number of amides is 1. The van der Waals surface area contributed by atoms with Gasteiger partial charge in [-0.1, -0.05) is 24.3 Å². The molecule has 0 radical (unpaired) electrons. The Morgan fingerprint density at radius 1 is 1.15 bits per heavy atom. The zero-order valence-corrected chi connectivity index (χ0v) is 22.8. The normalized spacial score (nSPS) is 13.1. The standard InChI is InChI=1S/C29H31N5O4.H2S/c1-34-18-22-9-8-21(17-25(22)33-34)28(35)32-26(29(36)37)16-19-6-12-24(13-7-19)38-15-3-5-23-11-10-20-4-2-14-30-27(20)31-23;/h6-13,17-18,26H,2-5,14-16H2,1H3,(H,30,31)(H,32,35)(H,36,37);1H2/t26-;/m0./s1. The smallest absolute Gasteiger partial charge is 0.326 e. The maximum Gasteiger partial charge on any atom is 0.326 e. The number of aromatic nitrogens is 3. The molecule has 4 aromatic rings. The first kappa shape index (κ1) is 28.0. The highest BCUT2D eigenvalue weighted by Crippen LogP contribution is 2.20. The van der Waals surface area contributed by atoms with Crippen LogP contribution in [0.15, 0.2) is 60.8 Å². The van der Waals surface area contributed by atoms with E-state index in [2.05, 4.69) is 27.9 Å². The molecule has 10 heteroatoms. The lowest BCUT2D eigenvalue weighted by atomic mass is 10.0. The Kier molecular flexibility index (Phi) is 9.08. The van der Waals surface area contributed by atoms with Crippen LogP contribution in [-0.2, 0) is 31.1 Å². The van der Waals surface area contributed by atoms with Gasteiger partial charge in [0.05, 0.1) is 12.1 Å². The van der Waals surface area contributed by atoms with Crippen LogP contribution in [0.1, 0.15) is 40.0 Å². The summed E-state index contributed by atoms with van der Waals surface area (Å²) in [5.41, 5.74) is 4.17. The number of nitrogens with one attached hydrogen (secondary N) is 2. The molecular formula is C29H33N5O4S. The van der Waals surface area contributed by atoms with Crippen molar-refractivity contribution in [3.05, 3.63) is 83.2 Å². The van der Waals surface area contributed by atoms with Crippen molar-refractivity contribution in [1.29, 1.82) is 0 Å². The van der Waals surface area contributed by atoms with Gasteiger partial charge in [-0.25, -0.2) is 9.78 Å². The van der Waals surface area contributed by atoms with Crippen molar-refractivity contribution < 1.29 is 19.4 Å². The second-order valence-corrected chi connectivity index (χ2v) is 9.58. The Hall–Kier alpha value is -4.05. The van der Waals surface area contributed by atoms with E-state index in [9.17, 15) is 14.7 Å². The average molecular weight is 548 g/mol. The van der Waals surface area contributed by atoms with Gasteiger partial charge in [-0.3, -0.25) is 9.48 Å². The predicted octanol–water partition coefficient (Wildman–Crippen LogP) is 3.88. The van der Waals surface area contributed by atoms with E-state index >= 15 is 0 Å². The van der Waals surface area contributed by atoms with E-state index < -0.39 is 17.9 Å². The number of fused-ring (bicyclic) bond motifs is 2. The van der Waals surface area contributed by atoms with Crippen LogP contribution in [0.4, 0.5) is 5.82 Å². The number of carbonyl (C=O) groups excluding carboxylic acids is 1. The molecule has 39 heavy (non-hydrogen) atoms. The number of nitrogens with zero attached hydrogens (tertiary/aromatic N) is 3. The highest BCUT2D eigenvalue weighted by Gasteiger charge is 2.21. The number of benzene rings is 2. The SMILES string of the molecule is Cn1cc2ccc(C(=O)N[C@@H](Cc3ccc(OCCCc4ccc5c(n4)NCCC5)cc3)C(=O)O)cc2n1.S. The van der Waals surface area contributed by atoms with Gasteiger partial charge in [-0.15, -0.1) is 0 Å². The zero-order chi connectivity index (χ0) is 26.5. The van der Waals surface area contributed by atoms with Gasteiger partial charge in [0.1, 0.15) is 17.6 Å². The van der Waals surface area contributed by atoms with E-state index in [4.69, 9.17) is 9.72 Å². The van der Waals surface area contributed by atoms with Crippen molar-refractivity contribution in [2.75, 3.05) is 18.5 Å². The highest BCUT2D eigenvalue weighted by molar-refractivity contribution is 7.59. The molecule has 1 amide bonds. The first-order valence-electron chi connectivity index (χ1n) is 12.9. The van der Waals surface area contributed by atoms with Gasteiger partial charge in [0, 0.05) is 42.9 Å². The highest BCUT2D eigenvalue weighted by atomic mass is 32.1. The van der Waals surface area contributed by atoms with Gasteiger partial charge in [-0.05, 0) is 67.1 Å². The zero-order valence-electron chi connectivity index (χ0n) is 21.8. The number of rotatable bonds is 10. The van der Waals surface area contributed by atoms with Gasteiger partial charge in [0.15, 0.2) is 0 Å². The van der Waals surface area contributed by atoms with Gasteiger partial charge >= 0.3 is 5.97 Å². The minimum atomic E-state index is -1.09. The molecular weight excluding hydrogens is 514 g/mol. The number of hydrogen-bond acceptors (Lipinski definition) is 6. The van der Waals surface area contributed by atoms with E-state index in [1.807, 2.05) is 37.5 Å². The van der Waals surface area contributed by atoms with Crippen LogP contribution < -0.4 is 15.4 Å². The Labute approximate surface area is 234 Å². The van der Waals surface area contributed by atoms with Crippen LogP contribution in [0.25, 0.3) is 10.9 Å². The van der Waals surface area contributed by atoms with Crippen LogP contribution in [0.2, 0.25) is 0 Å². The van der Waals surface area contributed by atoms with Crippen molar-refractivity contribution in [3.63, 3.8) is 0 Å². The van der Waals surface area contributed by atoms with Crippen molar-refractivity contribution in [1.82, 2.24) is 20.1 Å². The van der Waals surface area contributed by atoms with E-state index in [1.54, 1.807) is 22.9 Å². The topological polar surface area (TPSA) is 118 Å². The molecule has 0 bridgehead atoms. The summed E-state index contributed by atoms with van der Waals surface area (Å²) in [6.45, 7) is 1.53. The summed E-state index contributed by atoms with van der Waals surface area (Å²) < 4.78 is 7.54. The molecule has 1 atom stereocenters. The fourth-order valence-corrected chi connectivity index (χ4v) is 4.63. The molecule has 0 aliphatic carbocycles. The first-order chi connectivity index (χ1) is 18.4. The molecule has 0 saturated carbocycles. The van der Waals surface area contributed by atoms with Crippen LogP contribution in [0.5, 0.6) is 5.75 Å². The number of carbonyl (C=O) groups is 2. The number of anilines is 1. The lowest BCUT2D eigenvalue weighted by Gasteiger charge is -2.17. The molecule has 0 saturated heterocycles. The molecule has 0 fully saturated rings. The molecule has 0 unspecified atom stereocenters. The summed E-state index contributed by atoms with van der Waals surface area (Å²) in [6, 6.07) is 15.6. The number of aliphatic carboxylic acids is 1. The molecule has 5 rings (SSSR count). The molecule has 2 aromatic heterocycles. The molecule has 9 nitrogen and oxygen atoms in total. The van der Waals surface area contributed by atoms with Crippen molar-refractivity contribution in [2.24, 2.45) is 7.05 Å². The number of pyridine rings is 1. The average Bonchev–Trinajstić information content (AvgIpc) is 3.30. The van der Waals surface area contributed by atoms with Gasteiger partial charge in [0.2, 0.25) is 0 Å². The number of carboxylic acid groups (broad SMARTS) is 1. The van der Waals surface area contributed by atoms with E-state index in [-0.39, 0.29) is 19.9 Å². The van der Waals surface area contributed by atoms with E-state index in [1.165, 1.54) is 5.56 Å². The van der Waals surface area contributed by atoms with Gasteiger partial charge in [-0.2, -0.15) is 18.6 Å². The summed E-state index contributed by atoms with van der Waals surface area (Å²) >= 11 is 0. The first-order valence-corrected chi connectivity index (χ1v) is 12.9. The third-order valence-corrected chi connectivity index (χ3v) is 6.65. The second kappa shape index (κ2) is 12.7. The maximum atomic E-state index is 12.7. The van der Waals surface area contributed by atoms with Gasteiger partial charge < -0.3 is 20.5 Å². The van der Waals surface area contributed by atoms with Crippen LogP contribution in [0.3, 0.4) is 0 Å². The Bertz CT molecular complexity index is 1450. The largest absolute Gasteiger partial charge is 0.494 e. The third kappa shape index (κ3) is 7.08. The molecule has 2 aromatic carbocycles. The maximum absolute atomic E-state index is 12.7. The summed E-state index contributed by atoms with van der Waals surface area (Å²) in [5.74, 6) is 0.182. The predicted molar refractivity (Wildman–Crippen MR) is 155 cm³/mol. The molecule has 1 aliphatic heterocycles. The molecule has 3 heterocycles. The fraction of sp³-hybridized carbons (Fsp3) is 0.310. The number of hydrogen-bond donors (Lipinski definition) is 3. The van der Waals surface area contributed by atoms with Crippen LogP contribution in [0, 0.1) is 0 Å². The summed E-state index contributed by atoms with van der Waals surface area (Å²) in [5, 5.41) is 20.9. The second-order valence-electron chi connectivity index (χ2n) is 9.58. The minimum Gasteiger partial charge on any atom is -0.494 e. The van der Waals surface area contributed by atoms with Crippen molar-refractivity contribution in [2.45, 2.75) is 38.1 Å². The minimum absolute atomic E-state index is 0. The van der Waals surface area contributed by atoms with Crippen LogP contribution in [-0.4, -0.2) is 50.9 Å². The quantitative estimate of drug-likeness (QED) is 0.258. The van der Waals surface area contributed by atoms with E-state index in [0.29, 0.717) is 23.4 Å². The Balaban J connectivity index is 0.00000353.